The summed E-state index contributed by atoms with van der Waals surface area (Å²) in [7, 11) is 1.32. The van der Waals surface area contributed by atoms with Crippen LogP contribution in [-0.4, -0.2) is 25.5 Å². The van der Waals surface area contributed by atoms with Gasteiger partial charge in [0.15, 0.2) is 0 Å². The van der Waals surface area contributed by atoms with Crippen LogP contribution in [0.1, 0.15) is 23.6 Å². The Morgan fingerprint density at radius 2 is 2.00 bits per heavy atom. The van der Waals surface area contributed by atoms with Gasteiger partial charge in [-0.05, 0) is 25.5 Å². The number of amides is 1. The average Bonchev–Trinajstić information content (AvgIpc) is 2.66. The zero-order valence-electron chi connectivity index (χ0n) is 15.2. The molecule has 0 fully saturated rings. The third kappa shape index (κ3) is 4.87. The fraction of sp³-hybridized carbons (Fsp3) is 0.238. The Morgan fingerprint density at radius 3 is 2.69 bits per heavy atom. The molecule has 0 aliphatic rings. The summed E-state index contributed by atoms with van der Waals surface area (Å²) in [6, 6.07) is 15.4. The summed E-state index contributed by atoms with van der Waals surface area (Å²) in [4.78, 5) is 18.9. The van der Waals surface area contributed by atoms with Crippen molar-refractivity contribution in [3.63, 3.8) is 0 Å². The van der Waals surface area contributed by atoms with E-state index in [4.69, 9.17) is 16.0 Å². The van der Waals surface area contributed by atoms with E-state index in [0.29, 0.717) is 5.69 Å². The predicted molar refractivity (Wildman–Crippen MR) is 103 cm³/mol. The first-order valence-electron chi connectivity index (χ1n) is 8.17. The lowest BCUT2D eigenvalue weighted by molar-refractivity contribution is 0.130. The molecule has 0 aliphatic heterocycles. The van der Waals surface area contributed by atoms with Crippen LogP contribution in [0.3, 0.4) is 0 Å². The second kappa shape index (κ2) is 9.28. The van der Waals surface area contributed by atoms with Crippen molar-refractivity contribution >= 4 is 17.5 Å². The maximum atomic E-state index is 12.0. The number of rotatable bonds is 6. The number of hydrogen-bond donors (Lipinski definition) is 0. The second-order valence-electron chi connectivity index (χ2n) is 5.71. The lowest BCUT2D eigenvalue weighted by atomic mass is 10.1. The number of carbonyl (C=O) groups excluding carboxylic acids is 1. The highest BCUT2D eigenvalue weighted by Crippen LogP contribution is 2.22. The van der Waals surface area contributed by atoms with E-state index in [0.717, 1.165) is 22.4 Å². The van der Waals surface area contributed by atoms with Crippen molar-refractivity contribution in [1.82, 2.24) is 0 Å². The van der Waals surface area contributed by atoms with Gasteiger partial charge in [0.25, 0.3) is 0 Å². The maximum Gasteiger partial charge on any atom is 0.414 e. The minimum absolute atomic E-state index is 0.106. The molecule has 26 heavy (non-hydrogen) atoms. The van der Waals surface area contributed by atoms with Gasteiger partial charge in [-0.1, -0.05) is 59.1 Å². The SMILES string of the molecule is C#CCN(C(=O)OC)c1ccccc1CO/N=C(\C)c1cccc(C)c1. The molecule has 0 atom stereocenters. The molecule has 0 saturated carbocycles. The average molecular weight is 350 g/mol. The predicted octanol–water partition coefficient (Wildman–Crippen LogP) is 4.14. The number of carbonyl (C=O) groups is 1. The number of para-hydroxylation sites is 1. The molecule has 1 amide bonds. The van der Waals surface area contributed by atoms with Gasteiger partial charge in [-0.2, -0.15) is 0 Å². The molecule has 0 bridgehead atoms. The lowest BCUT2D eigenvalue weighted by Crippen LogP contribution is -2.31. The lowest BCUT2D eigenvalue weighted by Gasteiger charge is -2.21. The topological polar surface area (TPSA) is 51.1 Å². The first kappa shape index (κ1) is 19.1. The van der Waals surface area contributed by atoms with Crippen LogP contribution in [-0.2, 0) is 16.2 Å². The standard InChI is InChI=1S/C21H22N2O3/c1-5-13-23(21(24)25-4)20-12-7-6-10-19(20)15-26-22-17(3)18-11-8-9-16(2)14-18/h1,6-12,14H,13,15H2,2-4H3/b22-17+. The second-order valence-corrected chi connectivity index (χ2v) is 5.71. The Morgan fingerprint density at radius 1 is 1.23 bits per heavy atom. The van der Waals surface area contributed by atoms with E-state index in [1.54, 1.807) is 6.07 Å². The van der Waals surface area contributed by atoms with Crippen LogP contribution in [0.15, 0.2) is 53.7 Å². The molecule has 5 nitrogen and oxygen atoms in total. The maximum absolute atomic E-state index is 12.0. The summed E-state index contributed by atoms with van der Waals surface area (Å²) >= 11 is 0. The molecule has 0 heterocycles. The Hall–Kier alpha value is -3.26. The Labute approximate surface area is 154 Å². The number of ether oxygens (including phenoxy) is 1. The van der Waals surface area contributed by atoms with Crippen LogP contribution in [0, 0.1) is 19.3 Å². The first-order valence-corrected chi connectivity index (χ1v) is 8.17. The van der Waals surface area contributed by atoms with Gasteiger partial charge < -0.3 is 9.57 Å². The van der Waals surface area contributed by atoms with Gasteiger partial charge in [0.1, 0.15) is 6.61 Å². The summed E-state index contributed by atoms with van der Waals surface area (Å²) < 4.78 is 4.81. The molecule has 0 unspecified atom stereocenters. The van der Waals surface area contributed by atoms with Crippen LogP contribution < -0.4 is 4.90 Å². The molecule has 2 aromatic rings. The van der Waals surface area contributed by atoms with Crippen molar-refractivity contribution in [2.75, 3.05) is 18.6 Å². The van der Waals surface area contributed by atoms with Crippen molar-refractivity contribution < 1.29 is 14.4 Å². The summed E-state index contributed by atoms with van der Waals surface area (Å²) in [6.45, 7) is 4.23. The highest BCUT2D eigenvalue weighted by molar-refractivity contribution is 5.98. The Kier molecular flexibility index (Phi) is 6.81. The van der Waals surface area contributed by atoms with Crippen LogP contribution in [0.4, 0.5) is 10.5 Å². The molecule has 134 valence electrons. The highest BCUT2D eigenvalue weighted by atomic mass is 16.6. The van der Waals surface area contributed by atoms with E-state index in [-0.39, 0.29) is 13.2 Å². The van der Waals surface area contributed by atoms with E-state index in [1.807, 2.05) is 56.3 Å². The third-order valence-electron chi connectivity index (χ3n) is 3.78. The minimum atomic E-state index is -0.519. The molecule has 0 aliphatic carbocycles. The Bertz CT molecular complexity index is 837. The van der Waals surface area contributed by atoms with Gasteiger partial charge in [0.05, 0.1) is 25.1 Å². The Balaban J connectivity index is 2.16. The normalized spacial score (nSPS) is 10.8. The number of oxime groups is 1. The quantitative estimate of drug-likeness (QED) is 0.447. The summed E-state index contributed by atoms with van der Waals surface area (Å²) in [6.07, 6.45) is 4.85. The number of anilines is 1. The van der Waals surface area contributed by atoms with Crippen LogP contribution in [0.5, 0.6) is 0 Å². The van der Waals surface area contributed by atoms with Crippen molar-refractivity contribution in [1.29, 1.82) is 0 Å². The number of aryl methyl sites for hydroxylation is 1. The molecule has 5 heteroatoms. The smallest absolute Gasteiger partial charge is 0.414 e. The molecule has 0 radical (unpaired) electrons. The highest BCUT2D eigenvalue weighted by Gasteiger charge is 2.18. The monoisotopic (exact) mass is 350 g/mol. The number of methoxy groups -OCH3 is 1. The molecular weight excluding hydrogens is 328 g/mol. The summed E-state index contributed by atoms with van der Waals surface area (Å²) in [5, 5.41) is 4.18. The van der Waals surface area contributed by atoms with E-state index < -0.39 is 6.09 Å². The molecule has 2 aromatic carbocycles. The van der Waals surface area contributed by atoms with Crippen molar-refractivity contribution in [2.24, 2.45) is 5.16 Å². The van der Waals surface area contributed by atoms with Crippen LogP contribution >= 0.6 is 0 Å². The van der Waals surface area contributed by atoms with E-state index in [2.05, 4.69) is 11.1 Å². The van der Waals surface area contributed by atoms with Gasteiger partial charge >= 0.3 is 6.09 Å². The molecule has 2 rings (SSSR count). The summed E-state index contributed by atoms with van der Waals surface area (Å²) in [5.41, 5.74) is 4.36. The number of nitrogens with zero attached hydrogens (tertiary/aromatic N) is 2. The van der Waals surface area contributed by atoms with Crippen molar-refractivity contribution in [3.8, 4) is 12.3 Å². The van der Waals surface area contributed by atoms with Gasteiger partial charge in [0, 0.05) is 5.56 Å². The molecule has 0 saturated heterocycles. The molecule has 0 aromatic heterocycles. The zero-order valence-corrected chi connectivity index (χ0v) is 15.2. The van der Waals surface area contributed by atoms with Gasteiger partial charge in [-0.3, -0.25) is 4.90 Å². The number of hydrogen-bond acceptors (Lipinski definition) is 4. The molecular formula is C21H22N2O3. The van der Waals surface area contributed by atoms with E-state index in [1.165, 1.54) is 12.0 Å². The zero-order chi connectivity index (χ0) is 18.9. The fourth-order valence-electron chi connectivity index (χ4n) is 2.47. The van der Waals surface area contributed by atoms with E-state index in [9.17, 15) is 4.79 Å². The largest absolute Gasteiger partial charge is 0.452 e. The third-order valence-corrected chi connectivity index (χ3v) is 3.78. The van der Waals surface area contributed by atoms with Crippen molar-refractivity contribution in [3.05, 3.63) is 65.2 Å². The van der Waals surface area contributed by atoms with Crippen LogP contribution in [0.2, 0.25) is 0 Å². The first-order chi connectivity index (χ1) is 12.6. The van der Waals surface area contributed by atoms with E-state index >= 15 is 0 Å². The number of terminal acetylenes is 1. The van der Waals surface area contributed by atoms with Crippen molar-refractivity contribution in [2.45, 2.75) is 20.5 Å². The minimum Gasteiger partial charge on any atom is -0.452 e. The summed E-state index contributed by atoms with van der Waals surface area (Å²) in [5.74, 6) is 2.47. The fourth-order valence-corrected chi connectivity index (χ4v) is 2.47. The van der Waals surface area contributed by atoms with Crippen LogP contribution in [0.25, 0.3) is 0 Å². The number of benzene rings is 2. The molecule has 0 spiro atoms. The molecule has 0 N–H and O–H groups in total. The van der Waals surface area contributed by atoms with Gasteiger partial charge in [-0.25, -0.2) is 4.79 Å². The van der Waals surface area contributed by atoms with Gasteiger partial charge in [0.2, 0.25) is 0 Å². The van der Waals surface area contributed by atoms with Gasteiger partial charge in [-0.15, -0.1) is 6.42 Å².